The molecule has 0 saturated heterocycles. The first-order chi connectivity index (χ1) is 9.88. The first-order valence-electron chi connectivity index (χ1n) is 6.18. The zero-order chi connectivity index (χ0) is 15.5. The van der Waals surface area contributed by atoms with Crippen molar-refractivity contribution in [2.45, 2.75) is 24.8 Å². The number of carboxylic acid groups (broad SMARTS) is 1. The van der Waals surface area contributed by atoms with Crippen molar-refractivity contribution in [1.29, 1.82) is 0 Å². The first kappa shape index (κ1) is 15.2. The third-order valence-electron chi connectivity index (χ3n) is 2.98. The van der Waals surface area contributed by atoms with Crippen LogP contribution >= 0.6 is 0 Å². The minimum absolute atomic E-state index is 0.0952. The maximum Gasteiger partial charge on any atom is 0.307 e. The molecule has 0 aliphatic heterocycles. The smallest absolute Gasteiger partial charge is 0.307 e. The Morgan fingerprint density at radius 3 is 2.52 bits per heavy atom. The molecule has 0 amide bonds. The van der Waals surface area contributed by atoms with Gasteiger partial charge in [0.1, 0.15) is 0 Å². The zero-order valence-corrected chi connectivity index (χ0v) is 12.1. The number of rotatable bonds is 6. The van der Waals surface area contributed by atoms with Crippen LogP contribution in [0.15, 0.2) is 35.4 Å². The standard InChI is InChI=1S/C13H15N3O4S/c1-9-11(7-14-16-9)8-15-21(19,20)12-4-2-10(3-5-12)6-13(17)18/h2-5,7,15H,6,8H2,1H3,(H,14,16)(H,17,18). The lowest BCUT2D eigenvalue weighted by Crippen LogP contribution is -2.23. The van der Waals surface area contributed by atoms with E-state index in [1.807, 2.05) is 0 Å². The van der Waals surface area contributed by atoms with Gasteiger partial charge in [-0.05, 0) is 24.6 Å². The van der Waals surface area contributed by atoms with Crippen LogP contribution in [0.1, 0.15) is 16.8 Å². The summed E-state index contributed by atoms with van der Waals surface area (Å²) in [6.07, 6.45) is 1.43. The van der Waals surface area contributed by atoms with Crippen molar-refractivity contribution in [2.24, 2.45) is 0 Å². The highest BCUT2D eigenvalue weighted by Crippen LogP contribution is 2.12. The normalized spacial score (nSPS) is 11.5. The molecule has 0 unspecified atom stereocenters. The van der Waals surface area contributed by atoms with Crippen LogP contribution in [-0.4, -0.2) is 29.7 Å². The Morgan fingerprint density at radius 2 is 2.00 bits per heavy atom. The summed E-state index contributed by atoms with van der Waals surface area (Å²) in [4.78, 5) is 10.7. The van der Waals surface area contributed by atoms with E-state index < -0.39 is 16.0 Å². The monoisotopic (exact) mass is 309 g/mol. The molecule has 8 heteroatoms. The molecular formula is C13H15N3O4S. The number of aromatic amines is 1. The molecule has 21 heavy (non-hydrogen) atoms. The van der Waals surface area contributed by atoms with Crippen LogP contribution in [0.5, 0.6) is 0 Å². The highest BCUT2D eigenvalue weighted by Gasteiger charge is 2.14. The molecule has 0 aliphatic carbocycles. The van der Waals surface area contributed by atoms with Crippen molar-refractivity contribution in [3.05, 3.63) is 47.3 Å². The van der Waals surface area contributed by atoms with Gasteiger partial charge in [0.15, 0.2) is 0 Å². The fourth-order valence-corrected chi connectivity index (χ4v) is 2.78. The van der Waals surface area contributed by atoms with E-state index in [9.17, 15) is 13.2 Å². The fourth-order valence-electron chi connectivity index (χ4n) is 1.77. The number of aryl methyl sites for hydroxylation is 1. The highest BCUT2D eigenvalue weighted by atomic mass is 32.2. The van der Waals surface area contributed by atoms with Gasteiger partial charge in [0.05, 0.1) is 17.5 Å². The van der Waals surface area contributed by atoms with Crippen molar-refractivity contribution in [2.75, 3.05) is 0 Å². The SMILES string of the molecule is Cc1[nH]ncc1CNS(=O)(=O)c1ccc(CC(=O)O)cc1. The van der Waals surface area contributed by atoms with Crippen molar-refractivity contribution in [3.8, 4) is 0 Å². The maximum atomic E-state index is 12.1. The molecule has 2 aromatic rings. The van der Waals surface area contributed by atoms with Gasteiger partial charge in [0, 0.05) is 17.8 Å². The Morgan fingerprint density at radius 1 is 1.33 bits per heavy atom. The second-order valence-corrected chi connectivity index (χ2v) is 6.33. The summed E-state index contributed by atoms with van der Waals surface area (Å²) in [5.74, 6) is -0.959. The van der Waals surface area contributed by atoms with Crippen molar-refractivity contribution in [1.82, 2.24) is 14.9 Å². The van der Waals surface area contributed by atoms with Crippen LogP contribution in [-0.2, 0) is 27.8 Å². The second kappa shape index (κ2) is 6.06. The fraction of sp³-hybridized carbons (Fsp3) is 0.231. The van der Waals surface area contributed by atoms with Crippen molar-refractivity contribution in [3.63, 3.8) is 0 Å². The third kappa shape index (κ3) is 3.89. The Kier molecular flexibility index (Phi) is 4.39. The summed E-state index contributed by atoms with van der Waals surface area (Å²) in [5.41, 5.74) is 2.11. The van der Waals surface area contributed by atoms with Crippen LogP contribution in [0.2, 0.25) is 0 Å². The van der Waals surface area contributed by atoms with Gasteiger partial charge >= 0.3 is 5.97 Å². The van der Waals surface area contributed by atoms with E-state index in [4.69, 9.17) is 5.11 Å². The minimum atomic E-state index is -3.64. The molecule has 1 heterocycles. The number of carbonyl (C=O) groups is 1. The molecule has 2 rings (SSSR count). The second-order valence-electron chi connectivity index (χ2n) is 4.56. The Hall–Kier alpha value is -2.19. The molecule has 0 atom stereocenters. The number of aliphatic carboxylic acids is 1. The lowest BCUT2D eigenvalue weighted by Gasteiger charge is -2.07. The largest absolute Gasteiger partial charge is 0.481 e. The average Bonchev–Trinajstić information content (AvgIpc) is 2.82. The number of nitrogens with one attached hydrogen (secondary N) is 2. The summed E-state index contributed by atoms with van der Waals surface area (Å²) in [5, 5.41) is 15.2. The molecule has 7 nitrogen and oxygen atoms in total. The van der Waals surface area contributed by atoms with Crippen molar-refractivity contribution >= 4 is 16.0 Å². The van der Waals surface area contributed by atoms with E-state index in [2.05, 4.69) is 14.9 Å². The number of benzene rings is 1. The van der Waals surface area contributed by atoms with Crippen molar-refractivity contribution < 1.29 is 18.3 Å². The lowest BCUT2D eigenvalue weighted by atomic mass is 10.2. The minimum Gasteiger partial charge on any atom is -0.481 e. The predicted octanol–water partition coefficient (Wildman–Crippen LogP) is 0.824. The van der Waals surface area contributed by atoms with Gasteiger partial charge in [-0.15, -0.1) is 0 Å². The van der Waals surface area contributed by atoms with E-state index in [-0.39, 0.29) is 17.9 Å². The summed E-state index contributed by atoms with van der Waals surface area (Å²) < 4.78 is 26.7. The van der Waals surface area contributed by atoms with Gasteiger partial charge in [-0.25, -0.2) is 13.1 Å². The molecule has 1 aromatic carbocycles. The third-order valence-corrected chi connectivity index (χ3v) is 4.39. The van der Waals surface area contributed by atoms with Gasteiger partial charge in [0.2, 0.25) is 10.0 Å². The number of H-pyrrole nitrogens is 1. The highest BCUT2D eigenvalue weighted by molar-refractivity contribution is 7.89. The molecule has 1 aromatic heterocycles. The average molecular weight is 309 g/mol. The van der Waals surface area contributed by atoms with Crippen LogP contribution in [0.4, 0.5) is 0 Å². The van der Waals surface area contributed by atoms with E-state index >= 15 is 0 Å². The molecule has 0 spiro atoms. The quantitative estimate of drug-likeness (QED) is 0.731. The Balaban J connectivity index is 2.08. The molecule has 3 N–H and O–H groups in total. The molecule has 0 saturated carbocycles. The van der Waals surface area contributed by atoms with Gasteiger partial charge in [0.25, 0.3) is 0 Å². The van der Waals surface area contributed by atoms with Gasteiger partial charge in [-0.2, -0.15) is 5.10 Å². The molecule has 112 valence electrons. The Bertz CT molecular complexity index is 735. The van der Waals surface area contributed by atoms with Crippen LogP contribution in [0, 0.1) is 6.92 Å². The lowest BCUT2D eigenvalue weighted by molar-refractivity contribution is -0.136. The van der Waals surface area contributed by atoms with Gasteiger partial charge in [-0.1, -0.05) is 12.1 Å². The summed E-state index contributed by atoms with van der Waals surface area (Å²) >= 11 is 0. The van der Waals surface area contributed by atoms with E-state index in [0.717, 1.165) is 11.3 Å². The van der Waals surface area contributed by atoms with Crippen LogP contribution in [0.3, 0.4) is 0 Å². The molecule has 0 bridgehead atoms. The summed E-state index contributed by atoms with van der Waals surface area (Å²) in [6, 6.07) is 5.77. The number of aromatic nitrogens is 2. The molecule has 0 fully saturated rings. The molecule has 0 aliphatic rings. The topological polar surface area (TPSA) is 112 Å². The number of hydrogen-bond acceptors (Lipinski definition) is 4. The number of hydrogen-bond donors (Lipinski definition) is 3. The van der Waals surface area contributed by atoms with Gasteiger partial charge < -0.3 is 5.11 Å². The molecule has 0 radical (unpaired) electrons. The Labute approximate surface area is 122 Å². The zero-order valence-electron chi connectivity index (χ0n) is 11.3. The van der Waals surface area contributed by atoms with Gasteiger partial charge in [-0.3, -0.25) is 9.89 Å². The number of nitrogens with zero attached hydrogens (tertiary/aromatic N) is 1. The van der Waals surface area contributed by atoms with Crippen LogP contribution in [0.25, 0.3) is 0 Å². The predicted molar refractivity (Wildman–Crippen MR) is 75.1 cm³/mol. The maximum absolute atomic E-state index is 12.1. The molecular weight excluding hydrogens is 294 g/mol. The van der Waals surface area contributed by atoms with E-state index in [0.29, 0.717) is 5.56 Å². The summed E-state index contributed by atoms with van der Waals surface area (Å²) in [6.45, 7) is 1.94. The number of sulfonamides is 1. The van der Waals surface area contributed by atoms with Crippen LogP contribution < -0.4 is 4.72 Å². The summed E-state index contributed by atoms with van der Waals surface area (Å²) in [7, 11) is -3.64. The number of carboxylic acids is 1. The van der Waals surface area contributed by atoms with E-state index in [1.54, 1.807) is 13.1 Å². The van der Waals surface area contributed by atoms with E-state index in [1.165, 1.54) is 24.3 Å². The first-order valence-corrected chi connectivity index (χ1v) is 7.66.